The standard InChI is InChI=1S/C17H24N2O4/c1-3-23-17(21)12-6-8-19(9-7-12)11-15(20)13-4-5-16(22-2)14(18)10-13/h4-5,10,12H,3,6-9,11,18H2,1-2H3. The van der Waals surface area contributed by atoms with Crippen LogP contribution >= 0.6 is 0 Å². The number of Topliss-reactive ketones (excluding diaryl/α,β-unsaturated/α-hetero) is 1. The summed E-state index contributed by atoms with van der Waals surface area (Å²) in [6.45, 7) is 4.01. The highest BCUT2D eigenvalue weighted by atomic mass is 16.5. The second-order valence-electron chi connectivity index (χ2n) is 5.68. The van der Waals surface area contributed by atoms with Crippen molar-refractivity contribution in [2.75, 3.05) is 39.1 Å². The molecule has 0 atom stereocenters. The molecule has 1 saturated heterocycles. The van der Waals surface area contributed by atoms with Crippen LogP contribution in [0.15, 0.2) is 18.2 Å². The minimum Gasteiger partial charge on any atom is -0.495 e. The summed E-state index contributed by atoms with van der Waals surface area (Å²) < 4.78 is 10.1. The minimum atomic E-state index is -0.124. The van der Waals surface area contributed by atoms with Crippen molar-refractivity contribution in [3.05, 3.63) is 23.8 Å². The summed E-state index contributed by atoms with van der Waals surface area (Å²) in [6, 6.07) is 5.07. The summed E-state index contributed by atoms with van der Waals surface area (Å²) in [4.78, 5) is 26.1. The average Bonchev–Trinajstić information content (AvgIpc) is 2.55. The third-order valence-electron chi connectivity index (χ3n) is 4.13. The number of nitrogen functional groups attached to an aromatic ring is 1. The van der Waals surface area contributed by atoms with Crippen LogP contribution in [0.25, 0.3) is 0 Å². The Morgan fingerprint density at radius 2 is 2.00 bits per heavy atom. The minimum absolute atomic E-state index is 0.0222. The predicted octanol–water partition coefficient (Wildman–Crippen LogP) is 1.74. The van der Waals surface area contributed by atoms with Crippen LogP contribution in [0.4, 0.5) is 5.69 Å². The summed E-state index contributed by atoms with van der Waals surface area (Å²) in [5, 5.41) is 0. The number of carbonyl (C=O) groups is 2. The van der Waals surface area contributed by atoms with Gasteiger partial charge in [0.15, 0.2) is 5.78 Å². The van der Waals surface area contributed by atoms with Crippen LogP contribution in [0.1, 0.15) is 30.1 Å². The average molecular weight is 320 g/mol. The van der Waals surface area contributed by atoms with Crippen LogP contribution in [0.3, 0.4) is 0 Å². The second-order valence-corrected chi connectivity index (χ2v) is 5.68. The number of methoxy groups -OCH3 is 1. The fraction of sp³-hybridized carbons (Fsp3) is 0.529. The van der Waals surface area contributed by atoms with Gasteiger partial charge in [0, 0.05) is 5.56 Å². The van der Waals surface area contributed by atoms with E-state index in [4.69, 9.17) is 15.2 Å². The molecule has 1 aliphatic rings. The van der Waals surface area contributed by atoms with Gasteiger partial charge in [-0.1, -0.05) is 0 Å². The highest BCUT2D eigenvalue weighted by Crippen LogP contribution is 2.23. The first-order valence-corrected chi connectivity index (χ1v) is 7.90. The van der Waals surface area contributed by atoms with Gasteiger partial charge in [-0.25, -0.2) is 0 Å². The van der Waals surface area contributed by atoms with Crippen LogP contribution in [-0.2, 0) is 9.53 Å². The Morgan fingerprint density at radius 3 is 2.57 bits per heavy atom. The molecule has 0 radical (unpaired) electrons. The molecule has 2 N–H and O–H groups in total. The van der Waals surface area contributed by atoms with Crippen LogP contribution in [0, 0.1) is 5.92 Å². The summed E-state index contributed by atoms with van der Waals surface area (Å²) in [5.74, 6) is 0.421. The number of ether oxygens (including phenoxy) is 2. The summed E-state index contributed by atoms with van der Waals surface area (Å²) >= 11 is 0. The van der Waals surface area contributed by atoms with Crippen molar-refractivity contribution in [1.29, 1.82) is 0 Å². The quantitative estimate of drug-likeness (QED) is 0.488. The molecule has 1 aromatic carbocycles. The second kappa shape index (κ2) is 7.97. The molecule has 1 aliphatic heterocycles. The van der Waals surface area contributed by atoms with Crippen molar-refractivity contribution in [3.63, 3.8) is 0 Å². The number of benzene rings is 1. The predicted molar refractivity (Wildman–Crippen MR) is 87.5 cm³/mol. The lowest BCUT2D eigenvalue weighted by Gasteiger charge is -2.30. The van der Waals surface area contributed by atoms with E-state index < -0.39 is 0 Å². The van der Waals surface area contributed by atoms with Gasteiger partial charge in [-0.15, -0.1) is 0 Å². The van der Waals surface area contributed by atoms with Gasteiger partial charge in [-0.05, 0) is 51.1 Å². The highest BCUT2D eigenvalue weighted by molar-refractivity contribution is 5.98. The van der Waals surface area contributed by atoms with Gasteiger partial charge in [0.1, 0.15) is 5.75 Å². The zero-order chi connectivity index (χ0) is 16.8. The Bertz CT molecular complexity index is 566. The molecule has 0 amide bonds. The van der Waals surface area contributed by atoms with Gasteiger partial charge < -0.3 is 15.2 Å². The number of rotatable bonds is 6. The smallest absolute Gasteiger partial charge is 0.309 e. The first-order valence-electron chi connectivity index (χ1n) is 7.90. The first kappa shape index (κ1) is 17.3. The lowest BCUT2D eigenvalue weighted by Crippen LogP contribution is -2.39. The topological polar surface area (TPSA) is 81.9 Å². The third-order valence-corrected chi connectivity index (χ3v) is 4.13. The molecule has 0 bridgehead atoms. The fourth-order valence-corrected chi connectivity index (χ4v) is 2.79. The molecule has 2 rings (SSSR count). The van der Waals surface area contributed by atoms with E-state index in [-0.39, 0.29) is 17.7 Å². The maximum atomic E-state index is 12.4. The molecular weight excluding hydrogens is 296 g/mol. The van der Waals surface area contributed by atoms with Gasteiger partial charge in [-0.2, -0.15) is 0 Å². The van der Waals surface area contributed by atoms with E-state index in [1.165, 1.54) is 0 Å². The highest BCUT2D eigenvalue weighted by Gasteiger charge is 2.27. The van der Waals surface area contributed by atoms with Crippen LogP contribution < -0.4 is 10.5 Å². The molecular formula is C17H24N2O4. The summed E-state index contributed by atoms with van der Waals surface area (Å²) in [6.07, 6.45) is 1.47. The molecule has 0 saturated carbocycles. The summed E-state index contributed by atoms with van der Waals surface area (Å²) in [7, 11) is 1.54. The lowest BCUT2D eigenvalue weighted by molar-refractivity contribution is -0.149. The van der Waals surface area contributed by atoms with Gasteiger partial charge >= 0.3 is 5.97 Å². The number of hydrogen-bond acceptors (Lipinski definition) is 6. The molecule has 1 fully saturated rings. The molecule has 6 heteroatoms. The van der Waals surface area contributed by atoms with Crippen LogP contribution in [0.2, 0.25) is 0 Å². The zero-order valence-electron chi connectivity index (χ0n) is 13.7. The van der Waals surface area contributed by atoms with E-state index >= 15 is 0 Å². The number of anilines is 1. The molecule has 0 spiro atoms. The number of carbonyl (C=O) groups excluding carboxylic acids is 2. The number of nitrogens with two attached hydrogens (primary N) is 1. The van der Waals surface area contributed by atoms with Crippen molar-refractivity contribution in [3.8, 4) is 5.75 Å². The van der Waals surface area contributed by atoms with Crippen LogP contribution in [-0.4, -0.2) is 50.0 Å². The Hall–Kier alpha value is -2.08. The molecule has 23 heavy (non-hydrogen) atoms. The number of hydrogen-bond donors (Lipinski definition) is 1. The SMILES string of the molecule is CCOC(=O)C1CCN(CC(=O)c2ccc(OC)c(N)c2)CC1. The number of nitrogens with zero attached hydrogens (tertiary/aromatic N) is 1. The Balaban J connectivity index is 1.87. The Morgan fingerprint density at radius 1 is 1.30 bits per heavy atom. The van der Waals surface area contributed by atoms with Gasteiger partial charge in [0.2, 0.25) is 0 Å². The molecule has 0 unspecified atom stereocenters. The fourth-order valence-electron chi connectivity index (χ4n) is 2.79. The first-order chi connectivity index (χ1) is 11.0. The number of esters is 1. The van der Waals surface area contributed by atoms with Crippen LogP contribution in [0.5, 0.6) is 5.75 Å². The molecule has 0 aromatic heterocycles. The van der Waals surface area contributed by atoms with E-state index in [0.29, 0.717) is 30.2 Å². The maximum absolute atomic E-state index is 12.4. The monoisotopic (exact) mass is 320 g/mol. The molecule has 126 valence electrons. The van der Waals surface area contributed by atoms with Crippen molar-refractivity contribution < 1.29 is 19.1 Å². The van der Waals surface area contributed by atoms with E-state index in [0.717, 1.165) is 25.9 Å². The van der Waals surface area contributed by atoms with Gasteiger partial charge in [0.05, 0.1) is 31.9 Å². The molecule has 1 aromatic rings. The van der Waals surface area contributed by atoms with Crippen molar-refractivity contribution in [1.82, 2.24) is 4.90 Å². The van der Waals surface area contributed by atoms with E-state index in [9.17, 15) is 9.59 Å². The number of likely N-dealkylation sites (tertiary alicyclic amines) is 1. The third kappa shape index (κ3) is 4.45. The number of ketones is 1. The van der Waals surface area contributed by atoms with Crippen molar-refractivity contribution >= 4 is 17.4 Å². The van der Waals surface area contributed by atoms with Crippen molar-refractivity contribution in [2.45, 2.75) is 19.8 Å². The van der Waals surface area contributed by atoms with Gasteiger partial charge in [-0.3, -0.25) is 14.5 Å². The van der Waals surface area contributed by atoms with Crippen molar-refractivity contribution in [2.24, 2.45) is 5.92 Å². The number of piperidine rings is 1. The summed E-state index contributed by atoms with van der Waals surface area (Å²) in [5.41, 5.74) is 6.88. The van der Waals surface area contributed by atoms with E-state index in [1.54, 1.807) is 25.3 Å². The largest absolute Gasteiger partial charge is 0.495 e. The normalized spacial score (nSPS) is 16.1. The van der Waals surface area contributed by atoms with Gasteiger partial charge in [0.25, 0.3) is 0 Å². The Kier molecular flexibility index (Phi) is 5.98. The zero-order valence-corrected chi connectivity index (χ0v) is 13.7. The van der Waals surface area contributed by atoms with E-state index in [1.807, 2.05) is 6.92 Å². The lowest BCUT2D eigenvalue weighted by atomic mass is 9.96. The maximum Gasteiger partial charge on any atom is 0.309 e. The molecule has 1 heterocycles. The Labute approximate surface area is 136 Å². The molecule has 0 aliphatic carbocycles. The molecule has 6 nitrogen and oxygen atoms in total. The van der Waals surface area contributed by atoms with E-state index in [2.05, 4.69) is 4.90 Å².